The number of H-pyrrole nitrogens is 1. The van der Waals surface area contributed by atoms with Gasteiger partial charge in [0.2, 0.25) is 0 Å². The third-order valence-electron chi connectivity index (χ3n) is 2.87. The lowest BCUT2D eigenvalue weighted by atomic mass is 10.1. The third kappa shape index (κ3) is 5.94. The average Bonchev–Trinajstić information content (AvgIpc) is 2.89. The smallest absolute Gasteiger partial charge is 0.352 e. The van der Waals surface area contributed by atoms with Gasteiger partial charge in [0.15, 0.2) is 0 Å². The van der Waals surface area contributed by atoms with Crippen LogP contribution < -0.4 is 4.74 Å². The Morgan fingerprint density at radius 1 is 1.22 bits per heavy atom. The number of hydrogen-bond donors (Lipinski definition) is 2. The van der Waals surface area contributed by atoms with Crippen molar-refractivity contribution in [1.82, 2.24) is 4.98 Å². The van der Waals surface area contributed by atoms with Crippen LogP contribution in [0.15, 0.2) is 24.3 Å². The van der Waals surface area contributed by atoms with Gasteiger partial charge in [0.1, 0.15) is 17.0 Å². The van der Waals surface area contributed by atoms with Crippen molar-refractivity contribution in [2.45, 2.75) is 46.6 Å². The molecule has 0 saturated heterocycles. The van der Waals surface area contributed by atoms with Crippen LogP contribution in [0.5, 0.6) is 5.75 Å². The number of aromatic nitrogens is 1. The first-order chi connectivity index (χ1) is 10.8. The number of hydrogen-bond acceptors (Lipinski definition) is 3. The summed E-state index contributed by atoms with van der Waals surface area (Å²) in [5.41, 5.74) is 0.512. The zero-order valence-corrected chi connectivity index (χ0v) is 14.6. The quantitative estimate of drug-likeness (QED) is 0.823. The molecule has 5 nitrogen and oxygen atoms in total. The van der Waals surface area contributed by atoms with E-state index in [2.05, 4.69) is 18.8 Å². The maximum atomic E-state index is 10.9. The zero-order valence-electron chi connectivity index (χ0n) is 14.6. The number of aromatic amines is 1. The number of nitrogens with one attached hydrogen (secondary N) is 1. The average molecular weight is 321 g/mol. The van der Waals surface area contributed by atoms with Gasteiger partial charge in [-0.1, -0.05) is 20.3 Å². The summed E-state index contributed by atoms with van der Waals surface area (Å²) >= 11 is 0. The van der Waals surface area contributed by atoms with Gasteiger partial charge in [-0.2, -0.15) is 0 Å². The van der Waals surface area contributed by atoms with Crippen molar-refractivity contribution in [1.29, 1.82) is 0 Å². The zero-order chi connectivity index (χ0) is 17.5. The van der Waals surface area contributed by atoms with E-state index in [1.807, 2.05) is 39.0 Å². The first kappa shape index (κ1) is 19.0. The lowest BCUT2D eigenvalue weighted by Gasteiger charge is -2.26. The summed E-state index contributed by atoms with van der Waals surface area (Å²) in [4.78, 5) is 13.8. The van der Waals surface area contributed by atoms with Gasteiger partial charge in [0, 0.05) is 17.5 Å². The van der Waals surface area contributed by atoms with Crippen LogP contribution in [0.1, 0.15) is 51.5 Å². The van der Waals surface area contributed by atoms with Crippen LogP contribution in [0, 0.1) is 0 Å². The number of rotatable bonds is 6. The van der Waals surface area contributed by atoms with Crippen LogP contribution in [-0.2, 0) is 4.74 Å². The molecule has 0 atom stereocenters. The first-order valence-corrected chi connectivity index (χ1v) is 7.95. The van der Waals surface area contributed by atoms with Crippen molar-refractivity contribution in [2.75, 3.05) is 13.2 Å². The standard InChI is InChI=1S/C15H19NO4.C3H8/c1-4-19-9-15(2,3)20-11-5-6-12-10(7-11)8-13(16-12)14(17)18;1-3-2/h5-8,16H,4,9H2,1-3H3,(H,17,18);3H2,1-2H3. The molecule has 0 radical (unpaired) electrons. The molecule has 0 aliphatic rings. The monoisotopic (exact) mass is 321 g/mol. The van der Waals surface area contributed by atoms with Crippen LogP contribution >= 0.6 is 0 Å². The van der Waals surface area contributed by atoms with Crippen LogP contribution in [-0.4, -0.2) is 34.9 Å². The second-order valence-electron chi connectivity index (χ2n) is 5.94. The minimum Gasteiger partial charge on any atom is -0.485 e. The van der Waals surface area contributed by atoms with E-state index in [4.69, 9.17) is 14.6 Å². The number of fused-ring (bicyclic) bond motifs is 1. The van der Waals surface area contributed by atoms with Crippen LogP contribution in [0.2, 0.25) is 0 Å². The Morgan fingerprint density at radius 2 is 1.87 bits per heavy atom. The lowest BCUT2D eigenvalue weighted by Crippen LogP contribution is -2.34. The number of carboxylic acid groups (broad SMARTS) is 1. The maximum Gasteiger partial charge on any atom is 0.352 e. The minimum absolute atomic E-state index is 0.172. The Kier molecular flexibility index (Phi) is 7.10. The highest BCUT2D eigenvalue weighted by Crippen LogP contribution is 2.25. The van der Waals surface area contributed by atoms with Gasteiger partial charge >= 0.3 is 5.97 Å². The number of ether oxygens (including phenoxy) is 2. The predicted molar refractivity (Wildman–Crippen MR) is 92.4 cm³/mol. The highest BCUT2D eigenvalue weighted by atomic mass is 16.5. The van der Waals surface area contributed by atoms with E-state index in [1.165, 1.54) is 6.42 Å². The van der Waals surface area contributed by atoms with Gasteiger partial charge in [-0.3, -0.25) is 0 Å². The molecule has 1 heterocycles. The maximum absolute atomic E-state index is 10.9. The molecule has 128 valence electrons. The van der Waals surface area contributed by atoms with Crippen molar-refractivity contribution in [3.05, 3.63) is 30.0 Å². The largest absolute Gasteiger partial charge is 0.485 e. The molecular formula is C18H27NO4. The summed E-state index contributed by atoms with van der Waals surface area (Å²) < 4.78 is 11.3. The molecule has 5 heteroatoms. The normalized spacial score (nSPS) is 11.0. The van der Waals surface area contributed by atoms with E-state index in [0.717, 1.165) is 10.9 Å². The molecule has 0 aliphatic carbocycles. The third-order valence-corrected chi connectivity index (χ3v) is 2.87. The molecule has 0 bridgehead atoms. The van der Waals surface area contributed by atoms with E-state index in [-0.39, 0.29) is 5.69 Å². The summed E-state index contributed by atoms with van der Waals surface area (Å²) in [6, 6.07) is 7.05. The Morgan fingerprint density at radius 3 is 2.43 bits per heavy atom. The van der Waals surface area contributed by atoms with E-state index in [0.29, 0.717) is 19.0 Å². The molecule has 0 spiro atoms. The van der Waals surface area contributed by atoms with Gasteiger partial charge in [0.25, 0.3) is 0 Å². The molecule has 2 rings (SSSR count). The predicted octanol–water partition coefficient (Wildman–Crippen LogP) is 4.48. The number of aromatic carboxylic acids is 1. The SMILES string of the molecule is CCC.CCOCC(C)(C)Oc1ccc2[nH]c(C(=O)O)cc2c1. The fourth-order valence-corrected chi connectivity index (χ4v) is 1.99. The highest BCUT2D eigenvalue weighted by Gasteiger charge is 2.20. The number of carboxylic acids is 1. The van der Waals surface area contributed by atoms with Crippen molar-refractivity contribution in [2.24, 2.45) is 0 Å². The molecule has 2 aromatic rings. The second-order valence-corrected chi connectivity index (χ2v) is 5.94. The first-order valence-electron chi connectivity index (χ1n) is 7.95. The summed E-state index contributed by atoms with van der Waals surface area (Å²) in [6.07, 6.45) is 1.25. The van der Waals surface area contributed by atoms with Crippen molar-refractivity contribution in [3.63, 3.8) is 0 Å². The van der Waals surface area contributed by atoms with Crippen LogP contribution in [0.4, 0.5) is 0 Å². The molecule has 1 aromatic carbocycles. The molecule has 0 fully saturated rings. The van der Waals surface area contributed by atoms with E-state index >= 15 is 0 Å². The summed E-state index contributed by atoms with van der Waals surface area (Å²) in [5.74, 6) is -0.279. The Labute approximate surface area is 137 Å². The Bertz CT molecular complexity index is 631. The molecule has 0 saturated carbocycles. The molecule has 23 heavy (non-hydrogen) atoms. The molecule has 1 aromatic heterocycles. The van der Waals surface area contributed by atoms with Crippen LogP contribution in [0.3, 0.4) is 0 Å². The van der Waals surface area contributed by atoms with Crippen molar-refractivity contribution < 1.29 is 19.4 Å². The molecular weight excluding hydrogens is 294 g/mol. The Hall–Kier alpha value is -2.01. The summed E-state index contributed by atoms with van der Waals surface area (Å²) in [7, 11) is 0. The van der Waals surface area contributed by atoms with E-state index in [1.54, 1.807) is 6.07 Å². The van der Waals surface area contributed by atoms with Crippen molar-refractivity contribution >= 4 is 16.9 Å². The number of carbonyl (C=O) groups is 1. The van der Waals surface area contributed by atoms with Gasteiger partial charge in [-0.15, -0.1) is 0 Å². The van der Waals surface area contributed by atoms with E-state index < -0.39 is 11.6 Å². The highest BCUT2D eigenvalue weighted by molar-refractivity contribution is 5.94. The fraction of sp³-hybridized carbons (Fsp3) is 0.500. The van der Waals surface area contributed by atoms with Crippen molar-refractivity contribution in [3.8, 4) is 5.75 Å². The Balaban J connectivity index is 0.000000816. The van der Waals surface area contributed by atoms with Gasteiger partial charge in [-0.05, 0) is 45.0 Å². The molecule has 2 N–H and O–H groups in total. The second kappa shape index (κ2) is 8.58. The summed E-state index contributed by atoms with van der Waals surface area (Å²) in [5, 5.41) is 9.77. The topological polar surface area (TPSA) is 71.5 Å². The van der Waals surface area contributed by atoms with E-state index in [9.17, 15) is 4.79 Å². The van der Waals surface area contributed by atoms with Gasteiger partial charge in [0.05, 0.1) is 6.61 Å². The molecule has 0 aliphatic heterocycles. The summed E-state index contributed by atoms with van der Waals surface area (Å²) in [6.45, 7) is 11.2. The van der Waals surface area contributed by atoms with Crippen LogP contribution in [0.25, 0.3) is 10.9 Å². The number of benzene rings is 1. The van der Waals surface area contributed by atoms with Gasteiger partial charge in [-0.25, -0.2) is 4.79 Å². The van der Waals surface area contributed by atoms with Gasteiger partial charge < -0.3 is 19.6 Å². The lowest BCUT2D eigenvalue weighted by molar-refractivity contribution is 0.00121. The molecule has 0 unspecified atom stereocenters. The minimum atomic E-state index is -0.972. The molecule has 0 amide bonds. The fourth-order valence-electron chi connectivity index (χ4n) is 1.99.